The number of oxazole rings is 1. The topological polar surface area (TPSA) is 26.0 Å². The lowest BCUT2D eigenvalue weighted by atomic mass is 10.1. The maximum atomic E-state index is 5.14. The second kappa shape index (κ2) is 2.81. The first-order valence-corrected chi connectivity index (χ1v) is 3.67. The third-order valence-corrected chi connectivity index (χ3v) is 1.64. The summed E-state index contributed by atoms with van der Waals surface area (Å²) in [5, 5.41) is 0. The van der Waals surface area contributed by atoms with Crippen molar-refractivity contribution in [2.75, 3.05) is 0 Å². The van der Waals surface area contributed by atoms with E-state index in [4.69, 9.17) is 4.42 Å². The molecule has 0 aliphatic carbocycles. The monoisotopic (exact) mass is 158 g/mol. The third-order valence-electron chi connectivity index (χ3n) is 1.64. The molecule has 0 aliphatic heterocycles. The second-order valence-corrected chi connectivity index (χ2v) is 2.57. The first-order valence-electron chi connectivity index (χ1n) is 3.67. The SMILES string of the molecule is [CH2]c1cccc(-c2cnco2)c1. The Labute approximate surface area is 70.9 Å². The average molecular weight is 158 g/mol. The Hall–Kier alpha value is -1.57. The molecule has 0 saturated heterocycles. The highest BCUT2D eigenvalue weighted by Gasteiger charge is 1.99. The standard InChI is InChI=1S/C10H8NO/c1-8-3-2-4-9(5-8)10-6-11-7-12-10/h2-7H,1H2. The van der Waals surface area contributed by atoms with Crippen LogP contribution in [0, 0.1) is 6.92 Å². The van der Waals surface area contributed by atoms with Gasteiger partial charge in [0, 0.05) is 5.56 Å². The van der Waals surface area contributed by atoms with Crippen molar-refractivity contribution < 1.29 is 4.42 Å². The molecule has 2 heteroatoms. The first-order chi connectivity index (χ1) is 5.86. The predicted octanol–water partition coefficient (Wildman–Crippen LogP) is 2.52. The van der Waals surface area contributed by atoms with Crippen LogP contribution in [0.3, 0.4) is 0 Å². The maximum absolute atomic E-state index is 5.14. The van der Waals surface area contributed by atoms with Crippen molar-refractivity contribution in [3.63, 3.8) is 0 Å². The van der Waals surface area contributed by atoms with Crippen molar-refractivity contribution in [1.29, 1.82) is 0 Å². The minimum absolute atomic E-state index is 0.778. The van der Waals surface area contributed by atoms with Gasteiger partial charge in [0.1, 0.15) is 0 Å². The third kappa shape index (κ3) is 1.23. The average Bonchev–Trinajstić information content (AvgIpc) is 2.56. The molecule has 1 heterocycles. The molecule has 0 atom stereocenters. The Morgan fingerprint density at radius 1 is 1.33 bits per heavy atom. The molecule has 1 aromatic heterocycles. The summed E-state index contributed by atoms with van der Waals surface area (Å²) in [6.07, 6.45) is 3.11. The lowest BCUT2D eigenvalue weighted by Gasteiger charge is -1.95. The molecule has 0 saturated carbocycles. The molecule has 0 spiro atoms. The van der Waals surface area contributed by atoms with Gasteiger partial charge in [-0.3, -0.25) is 0 Å². The molecular formula is C10H8NO. The Balaban J connectivity index is 2.48. The normalized spacial score (nSPS) is 10.1. The van der Waals surface area contributed by atoms with E-state index in [0.717, 1.165) is 16.9 Å². The smallest absolute Gasteiger partial charge is 0.181 e. The molecule has 0 aliphatic rings. The van der Waals surface area contributed by atoms with Crippen LogP contribution in [0.15, 0.2) is 41.3 Å². The molecule has 2 rings (SSSR count). The summed E-state index contributed by atoms with van der Waals surface area (Å²) >= 11 is 0. The first kappa shape index (κ1) is 7.10. The summed E-state index contributed by atoms with van der Waals surface area (Å²) in [6.45, 7) is 3.83. The van der Waals surface area contributed by atoms with Gasteiger partial charge in [-0.1, -0.05) is 18.2 Å². The van der Waals surface area contributed by atoms with Crippen LogP contribution >= 0.6 is 0 Å². The Morgan fingerprint density at radius 2 is 2.25 bits per heavy atom. The zero-order valence-corrected chi connectivity index (χ0v) is 6.53. The highest BCUT2D eigenvalue weighted by Crippen LogP contribution is 2.18. The largest absolute Gasteiger partial charge is 0.444 e. The highest BCUT2D eigenvalue weighted by atomic mass is 16.3. The summed E-state index contributed by atoms with van der Waals surface area (Å²) in [5.41, 5.74) is 1.99. The van der Waals surface area contributed by atoms with Crippen molar-refractivity contribution in [3.05, 3.63) is 49.3 Å². The van der Waals surface area contributed by atoms with Crippen LogP contribution in [-0.4, -0.2) is 4.98 Å². The van der Waals surface area contributed by atoms with Gasteiger partial charge in [-0.25, -0.2) is 4.98 Å². The van der Waals surface area contributed by atoms with Crippen molar-refractivity contribution in [2.24, 2.45) is 0 Å². The van der Waals surface area contributed by atoms with Gasteiger partial charge >= 0.3 is 0 Å². The maximum Gasteiger partial charge on any atom is 0.181 e. The van der Waals surface area contributed by atoms with Gasteiger partial charge in [-0.2, -0.15) is 0 Å². The number of benzene rings is 1. The van der Waals surface area contributed by atoms with Gasteiger partial charge < -0.3 is 4.42 Å². The summed E-state index contributed by atoms with van der Waals surface area (Å²) in [6, 6.07) is 7.82. The van der Waals surface area contributed by atoms with E-state index < -0.39 is 0 Å². The number of nitrogens with zero attached hydrogens (tertiary/aromatic N) is 1. The predicted molar refractivity (Wildman–Crippen MR) is 46.4 cm³/mol. The molecule has 0 bridgehead atoms. The fraction of sp³-hybridized carbons (Fsp3) is 0. The minimum Gasteiger partial charge on any atom is -0.444 e. The quantitative estimate of drug-likeness (QED) is 0.637. The lowest BCUT2D eigenvalue weighted by Crippen LogP contribution is -1.75. The second-order valence-electron chi connectivity index (χ2n) is 2.57. The summed E-state index contributed by atoms with van der Waals surface area (Å²) in [7, 11) is 0. The number of rotatable bonds is 1. The fourth-order valence-corrected chi connectivity index (χ4v) is 1.08. The molecule has 1 radical (unpaired) electrons. The molecule has 12 heavy (non-hydrogen) atoms. The van der Waals surface area contributed by atoms with E-state index in [1.165, 1.54) is 6.39 Å². The van der Waals surface area contributed by atoms with Crippen LogP contribution in [0.25, 0.3) is 11.3 Å². The number of aromatic nitrogens is 1. The molecular weight excluding hydrogens is 150 g/mol. The molecule has 0 unspecified atom stereocenters. The van der Waals surface area contributed by atoms with Crippen molar-refractivity contribution in [3.8, 4) is 11.3 Å². The summed E-state index contributed by atoms with van der Waals surface area (Å²) in [4.78, 5) is 3.84. The highest BCUT2D eigenvalue weighted by molar-refractivity contribution is 5.57. The Kier molecular flexibility index (Phi) is 1.67. The van der Waals surface area contributed by atoms with Crippen LogP contribution in [0.1, 0.15) is 5.56 Å². The number of hydrogen-bond donors (Lipinski definition) is 0. The summed E-state index contributed by atoms with van der Waals surface area (Å²) < 4.78 is 5.14. The fourth-order valence-electron chi connectivity index (χ4n) is 1.08. The van der Waals surface area contributed by atoms with Gasteiger partial charge in [0.2, 0.25) is 0 Å². The molecule has 0 fully saturated rings. The van der Waals surface area contributed by atoms with Crippen molar-refractivity contribution >= 4 is 0 Å². The molecule has 2 aromatic rings. The van der Waals surface area contributed by atoms with E-state index in [9.17, 15) is 0 Å². The van der Waals surface area contributed by atoms with E-state index in [1.54, 1.807) is 6.20 Å². The van der Waals surface area contributed by atoms with Gasteiger partial charge in [0.05, 0.1) is 6.20 Å². The molecule has 0 amide bonds. The Morgan fingerprint density at radius 3 is 2.92 bits per heavy atom. The van der Waals surface area contributed by atoms with Gasteiger partial charge in [0.25, 0.3) is 0 Å². The minimum atomic E-state index is 0.778. The van der Waals surface area contributed by atoms with Crippen molar-refractivity contribution in [1.82, 2.24) is 4.98 Å². The van der Waals surface area contributed by atoms with E-state index >= 15 is 0 Å². The van der Waals surface area contributed by atoms with Gasteiger partial charge in [-0.15, -0.1) is 0 Å². The zero-order chi connectivity index (χ0) is 8.39. The van der Waals surface area contributed by atoms with Crippen LogP contribution in [0.4, 0.5) is 0 Å². The van der Waals surface area contributed by atoms with Gasteiger partial charge in [0.15, 0.2) is 12.2 Å². The molecule has 0 N–H and O–H groups in total. The summed E-state index contributed by atoms with van der Waals surface area (Å²) in [5.74, 6) is 0.778. The van der Waals surface area contributed by atoms with E-state index in [-0.39, 0.29) is 0 Å². The molecule has 59 valence electrons. The number of hydrogen-bond acceptors (Lipinski definition) is 2. The van der Waals surface area contributed by atoms with Crippen LogP contribution in [0.5, 0.6) is 0 Å². The molecule has 1 aromatic carbocycles. The molecule has 2 nitrogen and oxygen atoms in total. The van der Waals surface area contributed by atoms with Crippen LogP contribution in [0.2, 0.25) is 0 Å². The van der Waals surface area contributed by atoms with Gasteiger partial charge in [-0.05, 0) is 18.6 Å². The van der Waals surface area contributed by atoms with Crippen LogP contribution < -0.4 is 0 Å². The van der Waals surface area contributed by atoms with Crippen LogP contribution in [-0.2, 0) is 0 Å². The van der Waals surface area contributed by atoms with E-state index in [1.807, 2.05) is 24.3 Å². The Bertz CT molecular complexity index is 365. The van der Waals surface area contributed by atoms with E-state index in [2.05, 4.69) is 11.9 Å². The zero-order valence-electron chi connectivity index (χ0n) is 6.53. The van der Waals surface area contributed by atoms with Crippen molar-refractivity contribution in [2.45, 2.75) is 0 Å². The lowest BCUT2D eigenvalue weighted by molar-refractivity contribution is 0.572. The van der Waals surface area contributed by atoms with E-state index in [0.29, 0.717) is 0 Å².